The fraction of sp³-hybridized carbons (Fsp3) is 0.167. The highest BCUT2D eigenvalue weighted by atomic mass is 16.5. The van der Waals surface area contributed by atoms with Crippen molar-refractivity contribution >= 4 is 22.3 Å². The summed E-state index contributed by atoms with van der Waals surface area (Å²) in [6.45, 7) is 0.472. The number of nitrogens with zero attached hydrogens (tertiary/aromatic N) is 1. The van der Waals surface area contributed by atoms with E-state index in [4.69, 9.17) is 15.6 Å². The fourth-order valence-corrected chi connectivity index (χ4v) is 2.04. The maximum atomic E-state index is 7.75. The first-order valence-corrected chi connectivity index (χ1v) is 7.34. The van der Waals surface area contributed by atoms with Gasteiger partial charge in [0.1, 0.15) is 5.75 Å². The Hall–Kier alpha value is -2.63. The van der Waals surface area contributed by atoms with E-state index in [2.05, 4.69) is 10.3 Å². The van der Waals surface area contributed by atoms with Crippen LogP contribution < -0.4 is 15.8 Å². The summed E-state index contributed by atoms with van der Waals surface area (Å²) in [4.78, 5) is 4.37. The van der Waals surface area contributed by atoms with E-state index in [-0.39, 0.29) is 6.61 Å². The highest BCUT2D eigenvalue weighted by Gasteiger charge is 2.03. The van der Waals surface area contributed by atoms with Crippen LogP contribution in [0.1, 0.15) is 0 Å². The van der Waals surface area contributed by atoms with E-state index < -0.39 is 0 Å². The van der Waals surface area contributed by atoms with Gasteiger partial charge >= 0.3 is 0 Å². The number of aliphatic hydroxyl groups excluding tert-OH is 1. The average molecular weight is 311 g/mol. The monoisotopic (exact) mass is 311 g/mol. The van der Waals surface area contributed by atoms with Gasteiger partial charge in [0.25, 0.3) is 0 Å². The van der Waals surface area contributed by atoms with Gasteiger partial charge in [-0.2, -0.15) is 0 Å². The number of benzene rings is 2. The standard InChI is InChI=1S/C16H14N2O.C2H7NO/c1-19-13-7-8-14-15(9-10-17-16(14)11-13)18-12-5-3-2-4-6-12;3-1-2-4/h2-11H,1H3,(H,17,18);4H,1-3H2. The first-order valence-electron chi connectivity index (χ1n) is 7.34. The third-order valence-corrected chi connectivity index (χ3v) is 3.13. The highest BCUT2D eigenvalue weighted by Crippen LogP contribution is 2.27. The number of hydrogen-bond acceptors (Lipinski definition) is 5. The van der Waals surface area contributed by atoms with Crippen LogP contribution >= 0.6 is 0 Å². The van der Waals surface area contributed by atoms with E-state index in [0.29, 0.717) is 6.54 Å². The number of rotatable bonds is 4. The van der Waals surface area contributed by atoms with Crippen molar-refractivity contribution in [2.24, 2.45) is 5.73 Å². The molecule has 120 valence electrons. The molecule has 3 aromatic rings. The van der Waals surface area contributed by atoms with Gasteiger partial charge in [0.15, 0.2) is 0 Å². The van der Waals surface area contributed by atoms with Gasteiger partial charge in [-0.05, 0) is 30.3 Å². The van der Waals surface area contributed by atoms with Crippen LogP contribution in [0.25, 0.3) is 10.9 Å². The molecule has 1 heterocycles. The lowest BCUT2D eigenvalue weighted by atomic mass is 10.1. The van der Waals surface area contributed by atoms with Crippen molar-refractivity contribution in [2.45, 2.75) is 0 Å². The Labute approximate surface area is 135 Å². The first-order chi connectivity index (χ1) is 11.3. The van der Waals surface area contributed by atoms with E-state index in [9.17, 15) is 0 Å². The van der Waals surface area contributed by atoms with Crippen LogP contribution in [0.5, 0.6) is 5.75 Å². The van der Waals surface area contributed by atoms with Crippen LogP contribution in [0, 0.1) is 0 Å². The number of aromatic nitrogens is 1. The van der Waals surface area contributed by atoms with Gasteiger partial charge < -0.3 is 20.9 Å². The number of methoxy groups -OCH3 is 1. The van der Waals surface area contributed by atoms with E-state index >= 15 is 0 Å². The number of hydrogen-bond donors (Lipinski definition) is 3. The Kier molecular flexibility index (Phi) is 6.35. The van der Waals surface area contributed by atoms with Gasteiger partial charge in [0.05, 0.1) is 19.2 Å². The lowest BCUT2D eigenvalue weighted by molar-refractivity contribution is 0.306. The highest BCUT2D eigenvalue weighted by molar-refractivity contribution is 5.93. The van der Waals surface area contributed by atoms with Crippen molar-refractivity contribution in [3.8, 4) is 5.75 Å². The number of nitrogens with one attached hydrogen (secondary N) is 1. The molecule has 0 saturated heterocycles. The summed E-state index contributed by atoms with van der Waals surface area (Å²) in [7, 11) is 1.66. The summed E-state index contributed by atoms with van der Waals surface area (Å²) in [5.74, 6) is 0.817. The molecule has 0 radical (unpaired) electrons. The average Bonchev–Trinajstić information content (AvgIpc) is 2.62. The van der Waals surface area contributed by atoms with Crippen LogP contribution in [-0.2, 0) is 0 Å². The molecule has 2 aromatic carbocycles. The van der Waals surface area contributed by atoms with Crippen molar-refractivity contribution < 1.29 is 9.84 Å². The smallest absolute Gasteiger partial charge is 0.121 e. The number of para-hydroxylation sites is 1. The van der Waals surface area contributed by atoms with Crippen molar-refractivity contribution in [3.63, 3.8) is 0 Å². The molecule has 0 spiro atoms. The second-order valence-electron chi connectivity index (χ2n) is 4.74. The minimum atomic E-state index is 0.0972. The van der Waals surface area contributed by atoms with E-state index in [0.717, 1.165) is 28.0 Å². The molecule has 23 heavy (non-hydrogen) atoms. The molecule has 0 fully saturated rings. The van der Waals surface area contributed by atoms with Gasteiger partial charge in [-0.3, -0.25) is 4.98 Å². The van der Waals surface area contributed by atoms with E-state index in [1.54, 1.807) is 13.3 Å². The number of ether oxygens (including phenoxy) is 1. The van der Waals surface area contributed by atoms with Crippen molar-refractivity contribution in [3.05, 3.63) is 60.8 Å². The molecule has 5 heteroatoms. The summed E-state index contributed by atoms with van der Waals surface area (Å²) < 4.78 is 5.22. The molecule has 4 N–H and O–H groups in total. The van der Waals surface area contributed by atoms with Crippen LogP contribution in [0.15, 0.2) is 60.8 Å². The molecule has 0 aliphatic heterocycles. The number of nitrogens with two attached hydrogens (primary N) is 1. The van der Waals surface area contributed by atoms with Crippen LogP contribution in [0.3, 0.4) is 0 Å². The minimum absolute atomic E-state index is 0.0972. The number of aliphatic hydroxyl groups is 1. The Balaban J connectivity index is 0.000000433. The SMILES string of the molecule is COc1ccc2c(Nc3ccccc3)ccnc2c1.NCCO. The normalized spacial score (nSPS) is 9.87. The first kappa shape index (κ1) is 16.7. The lowest BCUT2D eigenvalue weighted by Gasteiger charge is -2.10. The Morgan fingerprint density at radius 3 is 2.52 bits per heavy atom. The number of fused-ring (bicyclic) bond motifs is 1. The Bertz CT molecular complexity index is 731. The summed E-state index contributed by atoms with van der Waals surface area (Å²) in [6.07, 6.45) is 1.80. The zero-order valence-electron chi connectivity index (χ0n) is 13.1. The molecule has 0 saturated carbocycles. The summed E-state index contributed by atoms with van der Waals surface area (Å²) in [5.41, 5.74) is 7.80. The quantitative estimate of drug-likeness (QED) is 0.690. The maximum absolute atomic E-state index is 7.75. The van der Waals surface area contributed by atoms with Crippen LogP contribution in [0.4, 0.5) is 11.4 Å². The number of anilines is 2. The molecular weight excluding hydrogens is 290 g/mol. The molecule has 0 aliphatic rings. The molecule has 0 bridgehead atoms. The minimum Gasteiger partial charge on any atom is -0.497 e. The molecule has 0 aliphatic carbocycles. The zero-order valence-corrected chi connectivity index (χ0v) is 13.1. The van der Waals surface area contributed by atoms with Crippen LogP contribution in [0.2, 0.25) is 0 Å². The molecule has 5 nitrogen and oxygen atoms in total. The van der Waals surface area contributed by atoms with Gasteiger partial charge in [-0.1, -0.05) is 18.2 Å². The Morgan fingerprint density at radius 2 is 1.87 bits per heavy atom. The maximum Gasteiger partial charge on any atom is 0.121 e. The third kappa shape index (κ3) is 4.67. The summed E-state index contributed by atoms with van der Waals surface area (Å²) in [5, 5.41) is 12.2. The third-order valence-electron chi connectivity index (χ3n) is 3.13. The fourth-order valence-electron chi connectivity index (χ4n) is 2.04. The van der Waals surface area contributed by atoms with Gasteiger partial charge in [-0.15, -0.1) is 0 Å². The van der Waals surface area contributed by atoms with E-state index in [1.165, 1.54) is 0 Å². The topological polar surface area (TPSA) is 80.4 Å². The van der Waals surface area contributed by atoms with E-state index in [1.807, 2.05) is 54.6 Å². The second-order valence-corrected chi connectivity index (χ2v) is 4.74. The zero-order chi connectivity index (χ0) is 16.5. The van der Waals surface area contributed by atoms with Gasteiger partial charge in [0, 0.05) is 35.6 Å². The lowest BCUT2D eigenvalue weighted by Crippen LogP contribution is -2.02. The predicted octanol–water partition coefficient (Wildman–Crippen LogP) is 2.92. The predicted molar refractivity (Wildman–Crippen MR) is 94.2 cm³/mol. The van der Waals surface area contributed by atoms with Crippen molar-refractivity contribution in [2.75, 3.05) is 25.6 Å². The molecule has 0 unspecified atom stereocenters. The molecular formula is C18H21N3O2. The molecule has 0 amide bonds. The van der Waals surface area contributed by atoms with Crippen LogP contribution in [-0.4, -0.2) is 30.4 Å². The molecule has 3 rings (SSSR count). The summed E-state index contributed by atoms with van der Waals surface area (Å²) >= 11 is 0. The van der Waals surface area contributed by atoms with Gasteiger partial charge in [-0.25, -0.2) is 0 Å². The van der Waals surface area contributed by atoms with Crippen molar-refractivity contribution in [1.29, 1.82) is 0 Å². The van der Waals surface area contributed by atoms with Gasteiger partial charge in [0.2, 0.25) is 0 Å². The second kappa shape index (κ2) is 8.73. The summed E-state index contributed by atoms with van der Waals surface area (Å²) in [6, 6.07) is 18.0. The Morgan fingerprint density at radius 1 is 1.13 bits per heavy atom. The molecule has 1 aromatic heterocycles. The largest absolute Gasteiger partial charge is 0.497 e. The molecule has 0 atom stereocenters. The number of pyridine rings is 1. The van der Waals surface area contributed by atoms with Crippen molar-refractivity contribution in [1.82, 2.24) is 4.98 Å².